The van der Waals surface area contributed by atoms with Gasteiger partial charge in [0.25, 0.3) is 0 Å². The number of rotatable bonds is 7. The van der Waals surface area contributed by atoms with Crippen LogP contribution in [0.3, 0.4) is 0 Å². The molecule has 1 heteroatoms. The van der Waals surface area contributed by atoms with Gasteiger partial charge in [-0.2, -0.15) is 12.6 Å². The van der Waals surface area contributed by atoms with E-state index < -0.39 is 0 Å². The molecule has 0 heterocycles. The molecular formula is C14H18S. The average Bonchev–Trinajstić information content (AvgIpc) is 2.24. The lowest BCUT2D eigenvalue weighted by atomic mass is 10.0. The summed E-state index contributed by atoms with van der Waals surface area (Å²) in [6, 6.07) is 0. The van der Waals surface area contributed by atoms with Gasteiger partial charge in [0.15, 0.2) is 0 Å². The van der Waals surface area contributed by atoms with Crippen LogP contribution < -0.4 is 0 Å². The van der Waals surface area contributed by atoms with Crippen molar-refractivity contribution >= 4 is 12.6 Å². The van der Waals surface area contributed by atoms with Crippen LogP contribution in [0, 0.1) is 0 Å². The van der Waals surface area contributed by atoms with Gasteiger partial charge in [-0.15, -0.1) is 0 Å². The third-order valence-corrected chi connectivity index (χ3v) is 2.43. The Morgan fingerprint density at radius 2 is 1.60 bits per heavy atom. The third kappa shape index (κ3) is 5.28. The predicted octanol–water partition coefficient (Wildman–Crippen LogP) is 4.27. The van der Waals surface area contributed by atoms with Gasteiger partial charge in [-0.25, -0.2) is 0 Å². The van der Waals surface area contributed by atoms with Crippen molar-refractivity contribution in [2.75, 3.05) is 0 Å². The highest BCUT2D eigenvalue weighted by atomic mass is 32.1. The Hall–Kier alpha value is -1.21. The Labute approximate surface area is 98.5 Å². The van der Waals surface area contributed by atoms with Gasteiger partial charge in [-0.1, -0.05) is 62.8 Å². The third-order valence-electron chi connectivity index (χ3n) is 1.95. The van der Waals surface area contributed by atoms with Crippen molar-refractivity contribution < 1.29 is 0 Å². The van der Waals surface area contributed by atoms with Crippen LogP contribution in [-0.2, 0) is 0 Å². The summed E-state index contributed by atoms with van der Waals surface area (Å²) in [5.74, 6) is 0. The molecular weight excluding hydrogens is 200 g/mol. The van der Waals surface area contributed by atoms with E-state index in [9.17, 15) is 0 Å². The average molecular weight is 218 g/mol. The first kappa shape index (κ1) is 13.8. The van der Waals surface area contributed by atoms with Crippen molar-refractivity contribution in [1.29, 1.82) is 0 Å². The van der Waals surface area contributed by atoms with Gasteiger partial charge >= 0.3 is 0 Å². The van der Waals surface area contributed by atoms with Crippen molar-refractivity contribution in [1.82, 2.24) is 0 Å². The Kier molecular flexibility index (Phi) is 7.47. The molecule has 0 aliphatic carbocycles. The Morgan fingerprint density at radius 3 is 2.00 bits per heavy atom. The second-order valence-corrected chi connectivity index (χ2v) is 3.63. The van der Waals surface area contributed by atoms with Crippen LogP contribution in [0.4, 0.5) is 0 Å². The molecule has 80 valence electrons. The van der Waals surface area contributed by atoms with Crippen LogP contribution in [0.1, 0.15) is 6.42 Å². The van der Waals surface area contributed by atoms with Crippen LogP contribution in [0.15, 0.2) is 73.9 Å². The Morgan fingerprint density at radius 1 is 1.00 bits per heavy atom. The molecule has 0 saturated carbocycles. The molecule has 0 nitrogen and oxygen atoms in total. The minimum absolute atomic E-state index is 0.115. The summed E-state index contributed by atoms with van der Waals surface area (Å²) in [4.78, 5) is 0. The van der Waals surface area contributed by atoms with E-state index in [2.05, 4.69) is 38.9 Å². The summed E-state index contributed by atoms with van der Waals surface area (Å²) < 4.78 is 0. The maximum Gasteiger partial charge on any atom is 0.0307 e. The van der Waals surface area contributed by atoms with Crippen molar-refractivity contribution in [2.45, 2.75) is 11.7 Å². The number of hydrogen-bond acceptors (Lipinski definition) is 1. The van der Waals surface area contributed by atoms with Gasteiger partial charge in [0, 0.05) is 5.25 Å². The summed E-state index contributed by atoms with van der Waals surface area (Å²) in [6.45, 7) is 14.8. The zero-order valence-corrected chi connectivity index (χ0v) is 9.92. The molecule has 0 N–H and O–H groups in total. The highest BCUT2D eigenvalue weighted by Gasteiger charge is 2.07. The minimum atomic E-state index is 0.115. The molecule has 0 radical (unpaired) electrons. The lowest BCUT2D eigenvalue weighted by Gasteiger charge is -2.12. The zero-order valence-electron chi connectivity index (χ0n) is 9.02. The zero-order chi connectivity index (χ0) is 11.7. The molecule has 0 aromatic rings. The van der Waals surface area contributed by atoms with Crippen LogP contribution in [0.25, 0.3) is 0 Å². The first-order valence-corrected chi connectivity index (χ1v) is 5.28. The van der Waals surface area contributed by atoms with Gasteiger partial charge in [0.1, 0.15) is 0 Å². The van der Waals surface area contributed by atoms with Crippen LogP contribution >= 0.6 is 12.6 Å². The van der Waals surface area contributed by atoms with E-state index >= 15 is 0 Å². The van der Waals surface area contributed by atoms with E-state index in [4.69, 9.17) is 0 Å². The quantitative estimate of drug-likeness (QED) is 0.479. The van der Waals surface area contributed by atoms with Gasteiger partial charge in [0.2, 0.25) is 0 Å². The van der Waals surface area contributed by atoms with E-state index in [0.717, 1.165) is 17.6 Å². The van der Waals surface area contributed by atoms with Crippen molar-refractivity contribution in [2.24, 2.45) is 0 Å². The molecule has 0 amide bonds. The predicted molar refractivity (Wildman–Crippen MR) is 74.3 cm³/mol. The molecule has 15 heavy (non-hydrogen) atoms. The fourth-order valence-electron chi connectivity index (χ4n) is 1.16. The lowest BCUT2D eigenvalue weighted by molar-refractivity contribution is 0.999. The normalized spacial score (nSPS) is 14.2. The molecule has 0 aromatic carbocycles. The number of allylic oxidation sites excluding steroid dienone is 7. The summed E-state index contributed by atoms with van der Waals surface area (Å²) in [5.41, 5.74) is 2.17. The fraction of sp³-hybridized carbons (Fsp3) is 0.143. The standard InChI is InChI=1S/C14H18S/c1-5-9-12(7-3)11-14(15)13(8-4)10-6-2/h5-10,14-15H,1-4,11H2/b12-9+,13-10+. The largest absolute Gasteiger partial charge is 0.171 e. The van der Waals surface area contributed by atoms with Crippen molar-refractivity contribution in [3.63, 3.8) is 0 Å². The smallest absolute Gasteiger partial charge is 0.0307 e. The monoisotopic (exact) mass is 218 g/mol. The topological polar surface area (TPSA) is 0 Å². The van der Waals surface area contributed by atoms with E-state index in [1.807, 2.05) is 18.2 Å². The number of hydrogen-bond donors (Lipinski definition) is 1. The molecule has 0 aromatic heterocycles. The number of thiol groups is 1. The molecule has 0 aliphatic rings. The molecule has 1 unspecified atom stereocenters. The van der Waals surface area contributed by atoms with Gasteiger partial charge in [-0.05, 0) is 17.6 Å². The van der Waals surface area contributed by atoms with E-state index in [-0.39, 0.29) is 5.25 Å². The van der Waals surface area contributed by atoms with Crippen molar-refractivity contribution in [3.8, 4) is 0 Å². The van der Waals surface area contributed by atoms with Crippen LogP contribution in [0.5, 0.6) is 0 Å². The van der Waals surface area contributed by atoms with E-state index in [0.29, 0.717) is 0 Å². The SMILES string of the molecule is C=C/C=C(\C=C)CC(S)/C(C=C)=C/C=C. The minimum Gasteiger partial charge on any atom is -0.171 e. The first-order chi connectivity index (χ1) is 7.19. The van der Waals surface area contributed by atoms with Gasteiger partial charge in [-0.3, -0.25) is 0 Å². The van der Waals surface area contributed by atoms with E-state index in [1.54, 1.807) is 18.2 Å². The second-order valence-electron chi connectivity index (χ2n) is 3.01. The lowest BCUT2D eigenvalue weighted by Crippen LogP contribution is -2.02. The van der Waals surface area contributed by atoms with Crippen LogP contribution in [-0.4, -0.2) is 5.25 Å². The molecule has 0 rings (SSSR count). The Bertz CT molecular complexity index is 305. The highest BCUT2D eigenvalue weighted by Crippen LogP contribution is 2.19. The molecule has 0 bridgehead atoms. The molecule has 0 spiro atoms. The van der Waals surface area contributed by atoms with Crippen molar-refractivity contribution in [3.05, 3.63) is 73.9 Å². The molecule has 1 atom stereocenters. The van der Waals surface area contributed by atoms with E-state index in [1.165, 1.54) is 0 Å². The summed E-state index contributed by atoms with van der Waals surface area (Å²) >= 11 is 4.52. The fourth-order valence-corrected chi connectivity index (χ4v) is 1.57. The molecule has 0 saturated heterocycles. The Balaban J connectivity index is 4.64. The van der Waals surface area contributed by atoms with Crippen LogP contribution in [0.2, 0.25) is 0 Å². The summed E-state index contributed by atoms with van der Waals surface area (Å²) in [5, 5.41) is 0.115. The summed E-state index contributed by atoms with van der Waals surface area (Å²) in [7, 11) is 0. The van der Waals surface area contributed by atoms with Gasteiger partial charge < -0.3 is 0 Å². The highest BCUT2D eigenvalue weighted by molar-refractivity contribution is 7.81. The van der Waals surface area contributed by atoms with Gasteiger partial charge in [0.05, 0.1) is 0 Å². The summed E-state index contributed by atoms with van der Waals surface area (Å²) in [6.07, 6.45) is 11.8. The molecule has 0 fully saturated rings. The maximum atomic E-state index is 4.52. The first-order valence-electron chi connectivity index (χ1n) is 4.76. The second kappa shape index (κ2) is 8.13. The maximum absolute atomic E-state index is 4.52. The molecule has 0 aliphatic heterocycles.